The Bertz CT molecular complexity index is 380. The highest BCUT2D eigenvalue weighted by Crippen LogP contribution is 2.25. The minimum absolute atomic E-state index is 0.150. The van der Waals surface area contributed by atoms with E-state index in [1.54, 1.807) is 7.11 Å². The molecule has 1 aromatic rings. The molecule has 0 saturated carbocycles. The normalized spacial score (nSPS) is 17.4. The van der Waals surface area contributed by atoms with Crippen molar-refractivity contribution in [3.63, 3.8) is 0 Å². The molecule has 106 valence electrons. The van der Waals surface area contributed by atoms with Gasteiger partial charge in [-0.3, -0.25) is 0 Å². The van der Waals surface area contributed by atoms with E-state index >= 15 is 0 Å². The fourth-order valence-corrected chi connectivity index (χ4v) is 2.57. The predicted octanol–water partition coefficient (Wildman–Crippen LogP) is 2.31. The van der Waals surface area contributed by atoms with Gasteiger partial charge in [0.05, 0.1) is 7.11 Å². The van der Waals surface area contributed by atoms with Crippen molar-refractivity contribution in [3.05, 3.63) is 29.8 Å². The molecule has 0 bridgehead atoms. The van der Waals surface area contributed by atoms with E-state index in [1.807, 2.05) is 12.1 Å². The highest BCUT2D eigenvalue weighted by Gasteiger charge is 2.22. The molecule has 2 rings (SSSR count). The number of rotatable bonds is 5. The van der Waals surface area contributed by atoms with E-state index in [2.05, 4.69) is 36.6 Å². The second kappa shape index (κ2) is 6.40. The first-order chi connectivity index (χ1) is 9.12. The summed E-state index contributed by atoms with van der Waals surface area (Å²) < 4.78 is 5.21. The minimum atomic E-state index is 0.150. The van der Waals surface area contributed by atoms with Crippen LogP contribution >= 0.6 is 0 Å². The molecule has 0 radical (unpaired) electrons. The molecule has 0 aliphatic carbocycles. The molecule has 2 N–H and O–H groups in total. The van der Waals surface area contributed by atoms with E-state index in [0.717, 1.165) is 25.4 Å². The summed E-state index contributed by atoms with van der Waals surface area (Å²) in [5.41, 5.74) is 1.51. The monoisotopic (exact) mass is 262 g/mol. The lowest BCUT2D eigenvalue weighted by molar-refractivity contribution is 0.351. The lowest BCUT2D eigenvalue weighted by Gasteiger charge is -2.31. The Labute approximate surface area is 116 Å². The molecule has 0 aromatic heterocycles. The van der Waals surface area contributed by atoms with Crippen molar-refractivity contribution in [2.45, 2.75) is 38.1 Å². The van der Waals surface area contributed by atoms with Crippen LogP contribution in [-0.4, -0.2) is 32.8 Å². The summed E-state index contributed by atoms with van der Waals surface area (Å²) in [5, 5.41) is 7.12. The van der Waals surface area contributed by atoms with Crippen LogP contribution in [0.4, 0.5) is 0 Å². The molecule has 3 nitrogen and oxygen atoms in total. The third kappa shape index (κ3) is 3.95. The number of piperidine rings is 1. The Morgan fingerprint density at radius 1 is 1.21 bits per heavy atom. The summed E-state index contributed by atoms with van der Waals surface area (Å²) in [6.45, 7) is 7.89. The summed E-state index contributed by atoms with van der Waals surface area (Å²) in [7, 11) is 1.71. The maximum atomic E-state index is 5.21. The van der Waals surface area contributed by atoms with E-state index in [4.69, 9.17) is 4.74 Å². The molecule has 0 unspecified atom stereocenters. The molecule has 0 spiro atoms. The zero-order chi connectivity index (χ0) is 13.7. The second-order valence-corrected chi connectivity index (χ2v) is 6.02. The number of ether oxygens (including phenoxy) is 1. The molecule has 1 aliphatic rings. The zero-order valence-electron chi connectivity index (χ0n) is 12.3. The Hall–Kier alpha value is -1.06. The third-order valence-electron chi connectivity index (χ3n) is 4.04. The molecule has 3 heteroatoms. The molecule has 1 aliphatic heterocycles. The van der Waals surface area contributed by atoms with Crippen molar-refractivity contribution >= 4 is 0 Å². The number of hydrogen-bond donors (Lipinski definition) is 2. The highest BCUT2D eigenvalue weighted by molar-refractivity contribution is 5.31. The number of methoxy groups -OCH3 is 1. The molecule has 1 fully saturated rings. The maximum absolute atomic E-state index is 5.21. The van der Waals surface area contributed by atoms with Crippen molar-refractivity contribution in [1.29, 1.82) is 0 Å². The third-order valence-corrected chi connectivity index (χ3v) is 4.04. The van der Waals surface area contributed by atoms with Crippen LogP contribution < -0.4 is 15.4 Å². The van der Waals surface area contributed by atoms with Crippen LogP contribution in [0.1, 0.15) is 32.3 Å². The van der Waals surface area contributed by atoms with Crippen LogP contribution in [0.2, 0.25) is 0 Å². The summed E-state index contributed by atoms with van der Waals surface area (Å²) in [6, 6.07) is 9.09. The lowest BCUT2D eigenvalue weighted by Crippen LogP contribution is -2.44. The maximum Gasteiger partial charge on any atom is 0.118 e. The lowest BCUT2D eigenvalue weighted by atomic mass is 9.84. The van der Waals surface area contributed by atoms with Crippen molar-refractivity contribution in [2.24, 2.45) is 0 Å². The number of hydrogen-bond acceptors (Lipinski definition) is 3. The average molecular weight is 262 g/mol. The average Bonchev–Trinajstić information content (AvgIpc) is 2.46. The molecule has 1 saturated heterocycles. The Morgan fingerprint density at radius 2 is 1.84 bits per heavy atom. The molecule has 19 heavy (non-hydrogen) atoms. The van der Waals surface area contributed by atoms with Gasteiger partial charge in [-0.2, -0.15) is 0 Å². The summed E-state index contributed by atoms with van der Waals surface area (Å²) >= 11 is 0. The Morgan fingerprint density at radius 3 is 2.42 bits per heavy atom. The van der Waals surface area contributed by atoms with Crippen molar-refractivity contribution in [2.75, 3.05) is 26.7 Å². The van der Waals surface area contributed by atoms with Crippen molar-refractivity contribution in [1.82, 2.24) is 10.6 Å². The second-order valence-electron chi connectivity index (χ2n) is 6.02. The van der Waals surface area contributed by atoms with Crippen LogP contribution in [0.5, 0.6) is 5.75 Å². The summed E-state index contributed by atoms with van der Waals surface area (Å²) in [5.74, 6) is 0.922. The van der Waals surface area contributed by atoms with Gasteiger partial charge in [0.15, 0.2) is 0 Å². The van der Waals surface area contributed by atoms with Crippen molar-refractivity contribution < 1.29 is 4.74 Å². The highest BCUT2D eigenvalue weighted by atomic mass is 16.5. The van der Waals surface area contributed by atoms with Gasteiger partial charge in [-0.15, -0.1) is 0 Å². The molecular formula is C16H26N2O. The fourth-order valence-electron chi connectivity index (χ4n) is 2.57. The van der Waals surface area contributed by atoms with Crippen LogP contribution in [0.3, 0.4) is 0 Å². The molecular weight excluding hydrogens is 236 g/mol. The Balaban J connectivity index is 1.92. The van der Waals surface area contributed by atoms with Gasteiger partial charge < -0.3 is 15.4 Å². The standard InChI is InChI=1S/C16H26N2O/c1-16(2,12-18-14-8-10-17-11-9-14)13-4-6-15(19-3)7-5-13/h4-7,14,17-18H,8-12H2,1-3H3. The van der Waals surface area contributed by atoms with E-state index in [1.165, 1.54) is 18.4 Å². The molecule has 1 aromatic carbocycles. The molecule has 0 atom stereocenters. The first-order valence-corrected chi connectivity index (χ1v) is 7.20. The van der Waals surface area contributed by atoms with E-state index in [-0.39, 0.29) is 5.41 Å². The van der Waals surface area contributed by atoms with Crippen LogP contribution in [0.15, 0.2) is 24.3 Å². The summed E-state index contributed by atoms with van der Waals surface area (Å²) in [6.07, 6.45) is 2.47. The van der Waals surface area contributed by atoms with Gasteiger partial charge in [-0.05, 0) is 43.6 Å². The van der Waals surface area contributed by atoms with E-state index in [9.17, 15) is 0 Å². The van der Waals surface area contributed by atoms with Crippen LogP contribution in [0.25, 0.3) is 0 Å². The summed E-state index contributed by atoms with van der Waals surface area (Å²) in [4.78, 5) is 0. The van der Waals surface area contributed by atoms with Gasteiger partial charge in [0.1, 0.15) is 5.75 Å². The smallest absolute Gasteiger partial charge is 0.118 e. The van der Waals surface area contributed by atoms with Gasteiger partial charge in [0.2, 0.25) is 0 Å². The van der Waals surface area contributed by atoms with E-state index < -0.39 is 0 Å². The number of benzene rings is 1. The Kier molecular flexibility index (Phi) is 4.83. The van der Waals surface area contributed by atoms with Gasteiger partial charge in [-0.1, -0.05) is 26.0 Å². The predicted molar refractivity (Wildman–Crippen MR) is 79.9 cm³/mol. The largest absolute Gasteiger partial charge is 0.497 e. The van der Waals surface area contributed by atoms with Crippen LogP contribution in [0, 0.1) is 0 Å². The topological polar surface area (TPSA) is 33.3 Å². The number of nitrogens with one attached hydrogen (secondary N) is 2. The zero-order valence-corrected chi connectivity index (χ0v) is 12.3. The van der Waals surface area contributed by atoms with Gasteiger partial charge in [0.25, 0.3) is 0 Å². The fraction of sp³-hybridized carbons (Fsp3) is 0.625. The van der Waals surface area contributed by atoms with Gasteiger partial charge >= 0.3 is 0 Å². The van der Waals surface area contributed by atoms with Crippen molar-refractivity contribution in [3.8, 4) is 5.75 Å². The molecule has 0 amide bonds. The molecule has 1 heterocycles. The SMILES string of the molecule is COc1ccc(C(C)(C)CNC2CCNCC2)cc1. The minimum Gasteiger partial charge on any atom is -0.497 e. The van der Waals surface area contributed by atoms with Gasteiger partial charge in [0, 0.05) is 18.0 Å². The first kappa shape index (κ1) is 14.4. The van der Waals surface area contributed by atoms with Gasteiger partial charge in [-0.25, -0.2) is 0 Å². The first-order valence-electron chi connectivity index (χ1n) is 7.20. The quantitative estimate of drug-likeness (QED) is 0.854. The van der Waals surface area contributed by atoms with E-state index in [0.29, 0.717) is 6.04 Å². The van der Waals surface area contributed by atoms with Crippen LogP contribution in [-0.2, 0) is 5.41 Å².